The van der Waals surface area contributed by atoms with E-state index in [-0.39, 0.29) is 5.60 Å². The summed E-state index contributed by atoms with van der Waals surface area (Å²) in [5.74, 6) is 0.475. The van der Waals surface area contributed by atoms with E-state index in [1.54, 1.807) is 0 Å². The highest BCUT2D eigenvalue weighted by Gasteiger charge is 2.29. The van der Waals surface area contributed by atoms with Gasteiger partial charge in [0.15, 0.2) is 5.13 Å². The summed E-state index contributed by atoms with van der Waals surface area (Å²) in [7, 11) is 0. The van der Waals surface area contributed by atoms with Gasteiger partial charge in [0.05, 0.1) is 17.9 Å². The van der Waals surface area contributed by atoms with Crippen molar-refractivity contribution in [1.29, 1.82) is 0 Å². The first-order valence-electron chi connectivity index (χ1n) is 7.52. The molecule has 1 aromatic rings. The molecular formula is C15H27N3OS. The van der Waals surface area contributed by atoms with Gasteiger partial charge in [-0.2, -0.15) is 0 Å². The van der Waals surface area contributed by atoms with Crippen molar-refractivity contribution in [2.45, 2.75) is 52.7 Å². The maximum Gasteiger partial charge on any atom is 0.186 e. The highest BCUT2D eigenvalue weighted by molar-refractivity contribution is 7.15. The molecule has 1 fully saturated rings. The van der Waals surface area contributed by atoms with Gasteiger partial charge < -0.3 is 15.0 Å². The average Bonchev–Trinajstić information content (AvgIpc) is 2.79. The predicted octanol–water partition coefficient (Wildman–Crippen LogP) is 2.99. The second-order valence-corrected chi connectivity index (χ2v) is 7.33. The molecule has 0 aliphatic carbocycles. The summed E-state index contributed by atoms with van der Waals surface area (Å²) in [5.41, 5.74) is 1.17. The first kappa shape index (κ1) is 15.7. The van der Waals surface area contributed by atoms with Crippen molar-refractivity contribution in [1.82, 2.24) is 10.3 Å². The number of morpholine rings is 1. The quantitative estimate of drug-likeness (QED) is 0.906. The van der Waals surface area contributed by atoms with Crippen LogP contribution in [0, 0.1) is 0 Å². The van der Waals surface area contributed by atoms with Gasteiger partial charge in [-0.3, -0.25) is 0 Å². The zero-order valence-electron chi connectivity index (χ0n) is 13.3. The molecule has 5 heteroatoms. The van der Waals surface area contributed by atoms with Crippen molar-refractivity contribution in [2.24, 2.45) is 0 Å². The number of rotatable bonds is 5. The standard InChI is InChI=1S/C15H27N3OS/c1-6-16-9-12-13(11(2)3)17-14(20-12)18-7-8-19-15(4,5)10-18/h11,16H,6-10H2,1-5H3. The molecule has 2 rings (SSSR count). The number of nitrogens with zero attached hydrogens (tertiary/aromatic N) is 2. The van der Waals surface area contributed by atoms with Crippen LogP contribution >= 0.6 is 11.3 Å². The zero-order chi connectivity index (χ0) is 14.8. The van der Waals surface area contributed by atoms with Gasteiger partial charge >= 0.3 is 0 Å². The van der Waals surface area contributed by atoms with Crippen molar-refractivity contribution in [3.05, 3.63) is 10.6 Å². The Labute approximate surface area is 126 Å². The Kier molecular flexibility index (Phi) is 5.04. The van der Waals surface area contributed by atoms with Crippen LogP contribution < -0.4 is 10.2 Å². The monoisotopic (exact) mass is 297 g/mol. The Hall–Kier alpha value is -0.650. The predicted molar refractivity (Wildman–Crippen MR) is 85.8 cm³/mol. The lowest BCUT2D eigenvalue weighted by Crippen LogP contribution is -2.48. The van der Waals surface area contributed by atoms with Crippen molar-refractivity contribution < 1.29 is 4.74 Å². The largest absolute Gasteiger partial charge is 0.372 e. The van der Waals surface area contributed by atoms with Crippen molar-refractivity contribution in [2.75, 3.05) is 31.1 Å². The van der Waals surface area contributed by atoms with Gasteiger partial charge in [-0.25, -0.2) is 4.98 Å². The molecule has 0 aromatic carbocycles. The molecule has 0 radical (unpaired) electrons. The molecule has 1 saturated heterocycles. The fourth-order valence-corrected chi connectivity index (χ4v) is 3.69. The number of thiazole rings is 1. The number of hydrogen-bond donors (Lipinski definition) is 1. The van der Waals surface area contributed by atoms with E-state index in [2.05, 4.69) is 44.8 Å². The third-order valence-corrected chi connectivity index (χ3v) is 4.63. The molecule has 20 heavy (non-hydrogen) atoms. The minimum absolute atomic E-state index is 0.0796. The summed E-state index contributed by atoms with van der Waals surface area (Å²) in [6.07, 6.45) is 0. The Balaban J connectivity index is 2.19. The summed E-state index contributed by atoms with van der Waals surface area (Å²) in [5, 5.41) is 4.57. The third kappa shape index (κ3) is 3.71. The van der Waals surface area contributed by atoms with Crippen LogP contribution in [0.1, 0.15) is 51.1 Å². The third-order valence-electron chi connectivity index (χ3n) is 3.49. The van der Waals surface area contributed by atoms with E-state index in [9.17, 15) is 0 Å². The molecule has 1 aromatic heterocycles. The number of anilines is 1. The van der Waals surface area contributed by atoms with E-state index in [1.807, 2.05) is 11.3 Å². The molecule has 1 aliphatic rings. The van der Waals surface area contributed by atoms with E-state index in [4.69, 9.17) is 9.72 Å². The van der Waals surface area contributed by atoms with E-state index >= 15 is 0 Å². The van der Waals surface area contributed by atoms with Crippen LogP contribution in [0.2, 0.25) is 0 Å². The number of hydrogen-bond acceptors (Lipinski definition) is 5. The fraction of sp³-hybridized carbons (Fsp3) is 0.800. The van der Waals surface area contributed by atoms with Gasteiger partial charge in [-0.05, 0) is 26.3 Å². The van der Waals surface area contributed by atoms with Crippen molar-refractivity contribution in [3.63, 3.8) is 0 Å². The molecule has 0 saturated carbocycles. The van der Waals surface area contributed by atoms with Crippen LogP contribution in [0.25, 0.3) is 0 Å². The van der Waals surface area contributed by atoms with Gasteiger partial charge in [0, 0.05) is 24.5 Å². The SMILES string of the molecule is CCNCc1sc(N2CCOC(C)(C)C2)nc1C(C)C. The average molecular weight is 297 g/mol. The molecule has 0 spiro atoms. The van der Waals surface area contributed by atoms with E-state index < -0.39 is 0 Å². The number of ether oxygens (including phenoxy) is 1. The maximum atomic E-state index is 5.79. The minimum atomic E-state index is -0.0796. The Morgan fingerprint density at radius 2 is 2.20 bits per heavy atom. The molecule has 114 valence electrons. The number of nitrogens with one attached hydrogen (secondary N) is 1. The highest BCUT2D eigenvalue weighted by Crippen LogP contribution is 2.32. The van der Waals surface area contributed by atoms with Gasteiger partial charge in [0.1, 0.15) is 0 Å². The minimum Gasteiger partial charge on any atom is -0.372 e. The van der Waals surface area contributed by atoms with Crippen LogP contribution in [0.5, 0.6) is 0 Å². The van der Waals surface area contributed by atoms with E-state index in [0.717, 1.165) is 37.9 Å². The van der Waals surface area contributed by atoms with Crippen LogP contribution in [0.4, 0.5) is 5.13 Å². The molecule has 4 nitrogen and oxygen atoms in total. The van der Waals surface area contributed by atoms with Gasteiger partial charge in [-0.1, -0.05) is 20.8 Å². The molecule has 0 bridgehead atoms. The normalized spacial score (nSPS) is 18.8. The lowest BCUT2D eigenvalue weighted by molar-refractivity contribution is -0.0277. The lowest BCUT2D eigenvalue weighted by Gasteiger charge is -2.38. The van der Waals surface area contributed by atoms with Crippen LogP contribution in [0.3, 0.4) is 0 Å². The van der Waals surface area contributed by atoms with Crippen molar-refractivity contribution >= 4 is 16.5 Å². The summed E-state index contributed by atoms with van der Waals surface area (Å²) >= 11 is 1.83. The molecule has 1 N–H and O–H groups in total. The summed E-state index contributed by atoms with van der Waals surface area (Å²) in [6.45, 7) is 15.4. The Morgan fingerprint density at radius 3 is 2.80 bits per heavy atom. The molecule has 0 unspecified atom stereocenters. The van der Waals surface area contributed by atoms with Crippen LogP contribution in [-0.2, 0) is 11.3 Å². The van der Waals surface area contributed by atoms with E-state index in [0.29, 0.717) is 5.92 Å². The van der Waals surface area contributed by atoms with Gasteiger partial charge in [-0.15, -0.1) is 11.3 Å². The lowest BCUT2D eigenvalue weighted by atomic mass is 10.1. The van der Waals surface area contributed by atoms with Crippen molar-refractivity contribution in [3.8, 4) is 0 Å². The molecule has 1 aliphatic heterocycles. The second kappa shape index (κ2) is 6.41. The molecular weight excluding hydrogens is 270 g/mol. The van der Waals surface area contributed by atoms with Crippen LogP contribution in [0.15, 0.2) is 0 Å². The summed E-state index contributed by atoms with van der Waals surface area (Å²) < 4.78 is 5.79. The van der Waals surface area contributed by atoms with E-state index in [1.165, 1.54) is 10.6 Å². The molecule has 2 heterocycles. The first-order valence-corrected chi connectivity index (χ1v) is 8.34. The Morgan fingerprint density at radius 1 is 1.45 bits per heavy atom. The fourth-order valence-electron chi connectivity index (χ4n) is 2.48. The summed E-state index contributed by atoms with van der Waals surface area (Å²) in [6, 6.07) is 0. The van der Waals surface area contributed by atoms with Gasteiger partial charge in [0.2, 0.25) is 0 Å². The molecule has 0 amide bonds. The van der Waals surface area contributed by atoms with Gasteiger partial charge in [0.25, 0.3) is 0 Å². The maximum absolute atomic E-state index is 5.79. The zero-order valence-corrected chi connectivity index (χ0v) is 14.1. The Bertz CT molecular complexity index is 442. The second-order valence-electron chi connectivity index (χ2n) is 6.27. The first-order chi connectivity index (χ1) is 9.43. The summed E-state index contributed by atoms with van der Waals surface area (Å²) in [4.78, 5) is 8.65. The van der Waals surface area contributed by atoms with Crippen LogP contribution in [-0.4, -0.2) is 36.8 Å². The number of aromatic nitrogens is 1. The topological polar surface area (TPSA) is 37.4 Å². The smallest absolute Gasteiger partial charge is 0.186 e. The highest BCUT2D eigenvalue weighted by atomic mass is 32.1. The molecule has 0 atom stereocenters.